The van der Waals surface area contributed by atoms with Crippen LogP contribution in [-0.4, -0.2) is 71.1 Å². The van der Waals surface area contributed by atoms with Crippen LogP contribution in [0.25, 0.3) is 21.0 Å². The van der Waals surface area contributed by atoms with Crippen molar-refractivity contribution in [2.45, 2.75) is 31.7 Å². The van der Waals surface area contributed by atoms with E-state index in [2.05, 4.69) is 49.3 Å². The molecule has 0 radical (unpaired) electrons. The minimum atomic E-state index is 0.0829. The summed E-state index contributed by atoms with van der Waals surface area (Å²) >= 11 is 1.83. The number of hydrogen-bond donors (Lipinski definition) is 2. The number of rotatable bonds is 5. The summed E-state index contributed by atoms with van der Waals surface area (Å²) < 4.78 is 1.36. The van der Waals surface area contributed by atoms with Crippen LogP contribution in [0.3, 0.4) is 0 Å². The van der Waals surface area contributed by atoms with Crippen LogP contribution in [-0.2, 0) is 0 Å². The van der Waals surface area contributed by atoms with Crippen molar-refractivity contribution in [3.63, 3.8) is 0 Å². The number of aromatic hydroxyl groups is 1. The first-order valence-electron chi connectivity index (χ1n) is 12.7. The summed E-state index contributed by atoms with van der Waals surface area (Å²) in [7, 11) is 0. The third-order valence-electron chi connectivity index (χ3n) is 7.68. The molecular weight excluding hydrogens is 456 g/mol. The molecular formula is C28H32N4O2S. The van der Waals surface area contributed by atoms with E-state index in [0.717, 1.165) is 69.4 Å². The molecule has 2 aliphatic rings. The van der Waals surface area contributed by atoms with Crippen LogP contribution in [0, 0.1) is 0 Å². The summed E-state index contributed by atoms with van der Waals surface area (Å²) in [5.74, 6) is 0.293. The highest BCUT2D eigenvalue weighted by molar-refractivity contribution is 7.17. The van der Waals surface area contributed by atoms with Crippen LogP contribution < -0.4 is 4.90 Å². The summed E-state index contributed by atoms with van der Waals surface area (Å²) in [6, 6.07) is 16.1. The van der Waals surface area contributed by atoms with Gasteiger partial charge in [0.05, 0.1) is 5.69 Å². The number of aromatic amines is 1. The van der Waals surface area contributed by atoms with Crippen LogP contribution in [0.4, 0.5) is 5.69 Å². The van der Waals surface area contributed by atoms with Crippen molar-refractivity contribution in [3.8, 4) is 5.75 Å². The molecule has 4 aromatic rings. The van der Waals surface area contributed by atoms with Gasteiger partial charge in [-0.2, -0.15) is 0 Å². The highest BCUT2D eigenvalue weighted by atomic mass is 32.1. The number of phenolic OH excluding ortho intramolecular Hbond substituents is 1. The van der Waals surface area contributed by atoms with Crippen LogP contribution in [0.1, 0.15) is 36.2 Å². The molecule has 1 unspecified atom stereocenters. The normalized spacial score (nSPS) is 19.6. The van der Waals surface area contributed by atoms with Crippen molar-refractivity contribution in [2.75, 3.05) is 44.2 Å². The Kier molecular flexibility index (Phi) is 6.12. The molecule has 2 aromatic carbocycles. The van der Waals surface area contributed by atoms with Gasteiger partial charge < -0.3 is 19.9 Å². The number of anilines is 1. The fourth-order valence-electron chi connectivity index (χ4n) is 5.71. The Morgan fingerprint density at radius 2 is 1.89 bits per heavy atom. The number of piperazine rings is 1. The number of H-pyrrole nitrogens is 1. The van der Waals surface area contributed by atoms with Gasteiger partial charge in [0.1, 0.15) is 11.4 Å². The summed E-state index contributed by atoms with van der Waals surface area (Å²) in [5.41, 5.74) is 2.80. The predicted molar refractivity (Wildman–Crippen MR) is 144 cm³/mol. The summed E-state index contributed by atoms with van der Waals surface area (Å²) in [6.07, 6.45) is 4.35. The largest absolute Gasteiger partial charge is 0.508 e. The van der Waals surface area contributed by atoms with E-state index in [0.29, 0.717) is 5.69 Å². The molecule has 2 saturated heterocycles. The van der Waals surface area contributed by atoms with E-state index in [9.17, 15) is 9.90 Å². The van der Waals surface area contributed by atoms with Gasteiger partial charge in [-0.15, -0.1) is 11.3 Å². The number of aromatic nitrogens is 1. The van der Waals surface area contributed by atoms with Crippen molar-refractivity contribution < 1.29 is 9.90 Å². The molecule has 2 aromatic heterocycles. The maximum Gasteiger partial charge on any atom is 0.270 e. The van der Waals surface area contributed by atoms with E-state index in [1.807, 2.05) is 23.5 Å². The number of amides is 1. The molecule has 35 heavy (non-hydrogen) atoms. The molecule has 4 heterocycles. The molecule has 1 atom stereocenters. The smallest absolute Gasteiger partial charge is 0.270 e. The van der Waals surface area contributed by atoms with Crippen LogP contribution in [0.5, 0.6) is 5.75 Å². The van der Waals surface area contributed by atoms with Crippen molar-refractivity contribution in [1.29, 1.82) is 0 Å². The predicted octanol–water partition coefficient (Wildman–Crippen LogP) is 5.30. The first-order chi connectivity index (χ1) is 17.2. The lowest BCUT2D eigenvalue weighted by atomic mass is 9.98. The van der Waals surface area contributed by atoms with Crippen LogP contribution in [0.2, 0.25) is 0 Å². The zero-order chi connectivity index (χ0) is 23.8. The second-order valence-corrected chi connectivity index (χ2v) is 10.7. The summed E-state index contributed by atoms with van der Waals surface area (Å²) in [5, 5.41) is 14.4. The molecule has 2 fully saturated rings. The molecule has 2 N–H and O–H groups in total. The maximum atomic E-state index is 13.4. The van der Waals surface area contributed by atoms with Crippen molar-refractivity contribution in [3.05, 3.63) is 59.6 Å². The molecule has 0 bridgehead atoms. The van der Waals surface area contributed by atoms with E-state index >= 15 is 0 Å². The van der Waals surface area contributed by atoms with Gasteiger partial charge >= 0.3 is 0 Å². The van der Waals surface area contributed by atoms with Gasteiger partial charge in [0.25, 0.3) is 5.91 Å². The number of phenols is 1. The third kappa shape index (κ3) is 4.50. The minimum absolute atomic E-state index is 0.0829. The Hall–Kier alpha value is -3.03. The van der Waals surface area contributed by atoms with Gasteiger partial charge in [-0.3, -0.25) is 9.69 Å². The number of carbonyl (C=O) groups excluding carboxylic acids is 1. The molecule has 1 amide bonds. The van der Waals surface area contributed by atoms with Gasteiger partial charge in [-0.25, -0.2) is 0 Å². The fraction of sp³-hybridized carbons (Fsp3) is 0.393. The number of likely N-dealkylation sites (tertiary alicyclic amines) is 1. The van der Waals surface area contributed by atoms with Crippen LogP contribution >= 0.6 is 11.3 Å². The first-order valence-corrected chi connectivity index (χ1v) is 13.6. The van der Waals surface area contributed by atoms with Crippen molar-refractivity contribution in [1.82, 2.24) is 14.8 Å². The number of nitrogens with one attached hydrogen (secondary N) is 1. The lowest BCUT2D eigenvalue weighted by Crippen LogP contribution is -2.49. The second kappa shape index (κ2) is 9.55. The quantitative estimate of drug-likeness (QED) is 0.400. The van der Waals surface area contributed by atoms with Gasteiger partial charge in [-0.05, 0) is 49.9 Å². The molecule has 0 aliphatic carbocycles. The van der Waals surface area contributed by atoms with E-state index in [-0.39, 0.29) is 17.7 Å². The average molecular weight is 489 g/mol. The Bertz CT molecular complexity index is 1340. The Morgan fingerprint density at radius 1 is 1.03 bits per heavy atom. The lowest BCUT2D eigenvalue weighted by molar-refractivity contribution is 0.0577. The summed E-state index contributed by atoms with van der Waals surface area (Å²) in [4.78, 5) is 23.8. The van der Waals surface area contributed by atoms with E-state index in [4.69, 9.17) is 0 Å². The highest BCUT2D eigenvalue weighted by Crippen LogP contribution is 2.33. The van der Waals surface area contributed by atoms with Gasteiger partial charge in [0.2, 0.25) is 0 Å². The number of benzene rings is 2. The Balaban J connectivity index is 1.07. The Morgan fingerprint density at radius 3 is 2.77 bits per heavy atom. The molecule has 7 heteroatoms. The number of hydrogen-bond acceptors (Lipinski definition) is 5. The molecule has 6 rings (SSSR count). The van der Waals surface area contributed by atoms with Gasteiger partial charge in [0, 0.05) is 77.7 Å². The van der Waals surface area contributed by atoms with Crippen LogP contribution in [0.15, 0.2) is 53.9 Å². The van der Waals surface area contributed by atoms with E-state index in [1.54, 1.807) is 12.1 Å². The van der Waals surface area contributed by atoms with E-state index < -0.39 is 0 Å². The number of carbonyl (C=O) groups is 1. The van der Waals surface area contributed by atoms with Crippen molar-refractivity contribution in [2.24, 2.45) is 0 Å². The average Bonchev–Trinajstić information content (AvgIpc) is 3.52. The summed E-state index contributed by atoms with van der Waals surface area (Å²) in [6.45, 7) is 6.09. The molecule has 0 spiro atoms. The highest BCUT2D eigenvalue weighted by Gasteiger charge is 2.29. The zero-order valence-corrected chi connectivity index (χ0v) is 20.8. The maximum absolute atomic E-state index is 13.4. The molecule has 2 aliphatic heterocycles. The first kappa shape index (κ1) is 22.4. The monoisotopic (exact) mass is 488 g/mol. The second-order valence-electron chi connectivity index (χ2n) is 9.84. The zero-order valence-electron chi connectivity index (χ0n) is 19.9. The molecule has 0 saturated carbocycles. The van der Waals surface area contributed by atoms with E-state index in [1.165, 1.54) is 22.2 Å². The number of piperidine rings is 1. The number of nitrogens with zero attached hydrogens (tertiary/aromatic N) is 3. The lowest BCUT2D eigenvalue weighted by Gasteiger charge is -2.39. The van der Waals surface area contributed by atoms with Gasteiger partial charge in [0.15, 0.2) is 0 Å². The molecule has 182 valence electrons. The third-order valence-corrected chi connectivity index (χ3v) is 8.63. The standard InChI is InChI=1S/C28H32N4O2S/c33-22-9-8-20-17-25(29-24(20)18-22)28(34)32-11-4-3-5-21(32)10-12-30-13-15-31(16-14-30)26-19-35-27-7-2-1-6-23(26)27/h1-2,6-9,17-19,21,29,33H,3-5,10-16H2. The van der Waals surface area contributed by atoms with Crippen molar-refractivity contribution >= 4 is 43.9 Å². The number of thiophene rings is 1. The van der Waals surface area contributed by atoms with Gasteiger partial charge in [-0.1, -0.05) is 18.2 Å². The molecule has 6 nitrogen and oxygen atoms in total. The minimum Gasteiger partial charge on any atom is -0.508 e. The topological polar surface area (TPSA) is 62.8 Å². The Labute approximate surface area is 209 Å². The fourth-order valence-corrected chi connectivity index (χ4v) is 6.68. The SMILES string of the molecule is O=C(c1cc2ccc(O)cc2[nH]1)N1CCCCC1CCN1CCN(c2csc3ccccc23)CC1. The number of fused-ring (bicyclic) bond motifs is 2.